The molecule has 0 bridgehead atoms. The number of carbonyl (C=O) groups is 1. The summed E-state index contributed by atoms with van der Waals surface area (Å²) in [5.74, 6) is -0.0411. The van der Waals surface area contributed by atoms with Gasteiger partial charge in [-0.1, -0.05) is 28.1 Å². The van der Waals surface area contributed by atoms with E-state index in [1.807, 2.05) is 24.3 Å². The van der Waals surface area contributed by atoms with Crippen LogP contribution in [0.3, 0.4) is 0 Å². The molecule has 2 nitrogen and oxygen atoms in total. The van der Waals surface area contributed by atoms with Gasteiger partial charge >= 0.3 is 0 Å². The topological polar surface area (TPSA) is 29.1 Å². The lowest BCUT2D eigenvalue weighted by Gasteiger charge is -2.03. The summed E-state index contributed by atoms with van der Waals surface area (Å²) in [6.45, 7) is 0. The number of amides is 1. The highest BCUT2D eigenvalue weighted by Crippen LogP contribution is 2.40. The maximum Gasteiger partial charge on any atom is 0.257 e. The molecule has 0 aromatic heterocycles. The van der Waals surface area contributed by atoms with E-state index >= 15 is 0 Å². The zero-order valence-corrected chi connectivity index (χ0v) is 10.6. The molecule has 0 spiro atoms. The molecular weight excluding hydrogens is 322 g/mol. The monoisotopic (exact) mass is 325 g/mol. The van der Waals surface area contributed by atoms with Crippen LogP contribution in [0.2, 0.25) is 0 Å². The van der Waals surface area contributed by atoms with Crippen LogP contribution in [-0.4, -0.2) is 5.91 Å². The van der Waals surface area contributed by atoms with Crippen molar-refractivity contribution in [2.75, 3.05) is 5.32 Å². The lowest BCUT2D eigenvalue weighted by atomic mass is 10.1. The van der Waals surface area contributed by atoms with Crippen LogP contribution < -0.4 is 5.32 Å². The van der Waals surface area contributed by atoms with Gasteiger partial charge in [-0.3, -0.25) is 4.79 Å². The normalized spacial score (nSPS) is 13.3. The third-order valence-corrected chi connectivity index (χ3v) is 3.82. The zero-order chi connectivity index (χ0) is 10.6. The van der Waals surface area contributed by atoms with Gasteiger partial charge in [0, 0.05) is 20.0 Å². The summed E-state index contributed by atoms with van der Waals surface area (Å²) in [5, 5.41) is 4.90. The molecule has 2 aromatic carbocycles. The fourth-order valence-electron chi connectivity index (χ4n) is 1.91. The van der Waals surface area contributed by atoms with E-state index in [0.29, 0.717) is 0 Å². The molecule has 3 rings (SSSR count). The maximum atomic E-state index is 11.7. The first-order valence-corrected chi connectivity index (χ1v) is 5.99. The molecule has 2 aromatic rings. The molecule has 0 saturated carbocycles. The predicted octanol–water partition coefficient (Wildman–Crippen LogP) is 3.93. The first-order chi connectivity index (χ1) is 7.18. The van der Waals surface area contributed by atoms with E-state index in [1.54, 1.807) is 0 Å². The summed E-state index contributed by atoms with van der Waals surface area (Å²) in [6.07, 6.45) is 0. The number of benzene rings is 2. The molecule has 74 valence electrons. The standard InChI is InChI=1S/C11H5Br2NO/c12-6-4-7(13)10-9-5(6)2-1-3-8(9)14-11(10)15/h1-4H,(H,14,15). The zero-order valence-electron chi connectivity index (χ0n) is 7.47. The number of halogens is 2. The summed E-state index contributed by atoms with van der Waals surface area (Å²) in [4.78, 5) is 11.7. The summed E-state index contributed by atoms with van der Waals surface area (Å²) >= 11 is 6.91. The van der Waals surface area contributed by atoms with Crippen molar-refractivity contribution in [2.45, 2.75) is 0 Å². The van der Waals surface area contributed by atoms with E-state index in [9.17, 15) is 4.79 Å². The number of hydrogen-bond donors (Lipinski definition) is 1. The van der Waals surface area contributed by atoms with Crippen LogP contribution in [0.25, 0.3) is 10.8 Å². The first kappa shape index (κ1) is 9.36. The van der Waals surface area contributed by atoms with Crippen LogP contribution in [0.5, 0.6) is 0 Å². The van der Waals surface area contributed by atoms with Gasteiger partial charge in [-0.15, -0.1) is 0 Å². The van der Waals surface area contributed by atoms with Crippen LogP contribution in [0.4, 0.5) is 5.69 Å². The Morgan fingerprint density at radius 3 is 2.73 bits per heavy atom. The van der Waals surface area contributed by atoms with Crippen LogP contribution >= 0.6 is 31.9 Å². The van der Waals surface area contributed by atoms with Crippen molar-refractivity contribution in [1.82, 2.24) is 0 Å². The van der Waals surface area contributed by atoms with Gasteiger partial charge in [0.1, 0.15) is 0 Å². The molecule has 0 unspecified atom stereocenters. The lowest BCUT2D eigenvalue weighted by Crippen LogP contribution is -2.04. The second-order valence-corrected chi connectivity index (χ2v) is 5.11. The average molecular weight is 327 g/mol. The number of rotatable bonds is 0. The lowest BCUT2D eigenvalue weighted by molar-refractivity contribution is 0.103. The predicted molar refractivity (Wildman–Crippen MR) is 67.3 cm³/mol. The van der Waals surface area contributed by atoms with Crippen LogP contribution in [0.15, 0.2) is 33.2 Å². The summed E-state index contributed by atoms with van der Waals surface area (Å²) in [5.41, 5.74) is 1.61. The van der Waals surface area contributed by atoms with Gasteiger partial charge in [0.25, 0.3) is 5.91 Å². The van der Waals surface area contributed by atoms with E-state index in [1.165, 1.54) is 0 Å². The molecule has 0 aliphatic carbocycles. The fourth-order valence-corrected chi connectivity index (χ4v) is 3.39. The average Bonchev–Trinajstić information content (AvgIpc) is 2.51. The Balaban J connectivity index is 2.61. The van der Waals surface area contributed by atoms with Gasteiger partial charge < -0.3 is 5.32 Å². The molecule has 0 fully saturated rings. The minimum absolute atomic E-state index is 0.0411. The van der Waals surface area contributed by atoms with E-state index < -0.39 is 0 Å². The van der Waals surface area contributed by atoms with Gasteiger partial charge in [0.05, 0.1) is 5.56 Å². The Morgan fingerprint density at radius 2 is 1.93 bits per heavy atom. The Morgan fingerprint density at radius 1 is 1.13 bits per heavy atom. The smallest absolute Gasteiger partial charge is 0.257 e. The van der Waals surface area contributed by atoms with Gasteiger partial charge in [0.2, 0.25) is 0 Å². The maximum absolute atomic E-state index is 11.7. The van der Waals surface area contributed by atoms with Gasteiger partial charge in [-0.2, -0.15) is 0 Å². The minimum Gasteiger partial charge on any atom is -0.321 e. The Hall–Kier alpha value is -0.870. The molecular formula is C11H5Br2NO. The van der Waals surface area contributed by atoms with Crippen molar-refractivity contribution in [2.24, 2.45) is 0 Å². The molecule has 15 heavy (non-hydrogen) atoms. The molecule has 0 radical (unpaired) electrons. The van der Waals surface area contributed by atoms with E-state index in [2.05, 4.69) is 37.2 Å². The minimum atomic E-state index is -0.0411. The van der Waals surface area contributed by atoms with Crippen LogP contribution in [0, 0.1) is 0 Å². The van der Waals surface area contributed by atoms with Crippen molar-refractivity contribution in [3.63, 3.8) is 0 Å². The highest BCUT2D eigenvalue weighted by atomic mass is 79.9. The largest absolute Gasteiger partial charge is 0.321 e. The van der Waals surface area contributed by atoms with Crippen molar-refractivity contribution >= 4 is 54.2 Å². The molecule has 0 atom stereocenters. The number of hydrogen-bond acceptors (Lipinski definition) is 1. The number of carbonyl (C=O) groups excluding carboxylic acids is 1. The first-order valence-electron chi connectivity index (χ1n) is 4.40. The molecule has 4 heteroatoms. The Labute approximate surface area is 103 Å². The highest BCUT2D eigenvalue weighted by Gasteiger charge is 2.24. The molecule has 1 N–H and O–H groups in total. The number of nitrogens with one attached hydrogen (secondary N) is 1. The van der Waals surface area contributed by atoms with Crippen molar-refractivity contribution in [3.05, 3.63) is 38.8 Å². The van der Waals surface area contributed by atoms with E-state index in [-0.39, 0.29) is 5.91 Å². The highest BCUT2D eigenvalue weighted by molar-refractivity contribution is 9.11. The van der Waals surface area contributed by atoms with Gasteiger partial charge in [0.15, 0.2) is 0 Å². The van der Waals surface area contributed by atoms with E-state index in [4.69, 9.17) is 0 Å². The summed E-state index contributed by atoms with van der Waals surface area (Å²) in [6, 6.07) is 7.76. The van der Waals surface area contributed by atoms with Gasteiger partial charge in [-0.05, 0) is 33.4 Å². The Bertz CT molecular complexity index is 607. The molecule has 1 aliphatic rings. The quantitative estimate of drug-likeness (QED) is 0.780. The van der Waals surface area contributed by atoms with Crippen LogP contribution in [0.1, 0.15) is 10.4 Å². The van der Waals surface area contributed by atoms with Crippen molar-refractivity contribution in [1.29, 1.82) is 0 Å². The Kier molecular flexibility index (Phi) is 1.91. The number of anilines is 1. The third kappa shape index (κ3) is 1.18. The fraction of sp³-hybridized carbons (Fsp3) is 0. The molecule has 1 heterocycles. The van der Waals surface area contributed by atoms with Gasteiger partial charge in [-0.25, -0.2) is 0 Å². The van der Waals surface area contributed by atoms with E-state index in [0.717, 1.165) is 31.0 Å². The van der Waals surface area contributed by atoms with Crippen molar-refractivity contribution < 1.29 is 4.79 Å². The third-order valence-electron chi connectivity index (χ3n) is 2.54. The second kappa shape index (κ2) is 3.06. The summed E-state index contributed by atoms with van der Waals surface area (Å²) < 4.78 is 1.82. The van der Waals surface area contributed by atoms with Crippen LogP contribution in [-0.2, 0) is 0 Å². The molecule has 0 saturated heterocycles. The summed E-state index contributed by atoms with van der Waals surface area (Å²) in [7, 11) is 0. The van der Waals surface area contributed by atoms with Crippen molar-refractivity contribution in [3.8, 4) is 0 Å². The second-order valence-electron chi connectivity index (χ2n) is 3.40. The SMILES string of the molecule is O=C1Nc2cccc3c(Br)cc(Br)c1c23. The molecule has 1 amide bonds. The molecule has 1 aliphatic heterocycles.